The number of piperidine rings is 2. The zero-order valence-corrected chi connectivity index (χ0v) is 19.9. The smallest absolute Gasteiger partial charge is 0.309 e. The molecule has 2 heterocycles. The highest BCUT2D eigenvalue weighted by atomic mass is 127. The fourth-order valence-electron chi connectivity index (χ4n) is 4.28. The summed E-state index contributed by atoms with van der Waals surface area (Å²) in [7, 11) is 0. The largest absolute Gasteiger partial charge is 0.466 e. The number of hydrogen-bond acceptors (Lipinski definition) is 4. The van der Waals surface area contributed by atoms with E-state index in [1.165, 1.54) is 19.5 Å². The summed E-state index contributed by atoms with van der Waals surface area (Å²) < 4.78 is 5.17. The average molecular weight is 494 g/mol. The van der Waals surface area contributed by atoms with Crippen molar-refractivity contribution in [3.8, 4) is 0 Å². The highest BCUT2D eigenvalue weighted by Gasteiger charge is 2.27. The molecular weight excluding hydrogens is 455 g/mol. The summed E-state index contributed by atoms with van der Waals surface area (Å²) in [5.41, 5.74) is 0. The monoisotopic (exact) mass is 494 g/mol. The summed E-state index contributed by atoms with van der Waals surface area (Å²) in [4.78, 5) is 21.6. The van der Waals surface area contributed by atoms with Gasteiger partial charge < -0.3 is 19.9 Å². The molecule has 27 heavy (non-hydrogen) atoms. The first kappa shape index (κ1) is 24.5. The zero-order chi connectivity index (χ0) is 18.9. The van der Waals surface area contributed by atoms with Crippen molar-refractivity contribution in [3.05, 3.63) is 0 Å². The number of guanidine groups is 1. The molecule has 2 aliphatic rings. The second-order valence-corrected chi connectivity index (χ2v) is 7.95. The quantitative estimate of drug-likeness (QED) is 0.267. The fourth-order valence-corrected chi connectivity index (χ4v) is 4.28. The Morgan fingerprint density at radius 3 is 2.33 bits per heavy atom. The van der Waals surface area contributed by atoms with Gasteiger partial charge in [0.2, 0.25) is 0 Å². The molecule has 2 atom stereocenters. The molecule has 0 aliphatic carbocycles. The minimum Gasteiger partial charge on any atom is -0.466 e. The van der Waals surface area contributed by atoms with E-state index in [0.29, 0.717) is 6.61 Å². The van der Waals surface area contributed by atoms with Crippen LogP contribution >= 0.6 is 24.0 Å². The van der Waals surface area contributed by atoms with Crippen molar-refractivity contribution < 1.29 is 9.53 Å². The number of aliphatic imine (C=N–C) groups is 1. The van der Waals surface area contributed by atoms with Crippen LogP contribution in [-0.2, 0) is 9.53 Å². The number of rotatable bonds is 6. The Kier molecular flexibility index (Phi) is 11.6. The van der Waals surface area contributed by atoms with E-state index in [9.17, 15) is 4.79 Å². The maximum atomic E-state index is 11.9. The number of ether oxygens (including phenoxy) is 1. The second kappa shape index (κ2) is 12.8. The van der Waals surface area contributed by atoms with Crippen LogP contribution in [0.1, 0.15) is 47.0 Å². The third-order valence-corrected chi connectivity index (χ3v) is 5.37. The highest BCUT2D eigenvalue weighted by molar-refractivity contribution is 14.0. The molecule has 2 rings (SSSR count). The molecule has 158 valence electrons. The van der Waals surface area contributed by atoms with Crippen molar-refractivity contribution >= 4 is 35.9 Å². The first-order valence-corrected chi connectivity index (χ1v) is 10.5. The number of nitrogens with one attached hydrogen (secondary N) is 1. The van der Waals surface area contributed by atoms with Crippen molar-refractivity contribution in [2.24, 2.45) is 22.7 Å². The molecule has 1 N–H and O–H groups in total. The van der Waals surface area contributed by atoms with Gasteiger partial charge in [-0.05, 0) is 44.9 Å². The molecular formula is C20H39IN4O2. The Bertz CT molecular complexity index is 457. The van der Waals surface area contributed by atoms with Gasteiger partial charge >= 0.3 is 5.97 Å². The maximum Gasteiger partial charge on any atom is 0.309 e. The van der Waals surface area contributed by atoms with E-state index < -0.39 is 0 Å². The van der Waals surface area contributed by atoms with Gasteiger partial charge in [0.25, 0.3) is 0 Å². The zero-order valence-electron chi connectivity index (χ0n) is 17.6. The SMILES string of the molecule is CCNC(=NCCN1CC(C)CC(C)C1)N1CCC(C(=O)OCC)CC1.I. The average Bonchev–Trinajstić information content (AvgIpc) is 2.60. The van der Waals surface area contributed by atoms with Crippen molar-refractivity contribution in [2.75, 3.05) is 52.4 Å². The molecule has 0 saturated carbocycles. The van der Waals surface area contributed by atoms with Gasteiger partial charge in [-0.2, -0.15) is 0 Å². The Balaban J connectivity index is 0.00000364. The predicted octanol–water partition coefficient (Wildman–Crippen LogP) is 2.82. The normalized spacial score (nSPS) is 25.0. The molecule has 7 heteroatoms. The molecule has 2 fully saturated rings. The van der Waals surface area contributed by atoms with Gasteiger partial charge in [0.1, 0.15) is 0 Å². The summed E-state index contributed by atoms with van der Waals surface area (Å²) in [6, 6.07) is 0. The number of esters is 1. The predicted molar refractivity (Wildman–Crippen MR) is 122 cm³/mol. The molecule has 0 radical (unpaired) electrons. The van der Waals surface area contributed by atoms with E-state index in [0.717, 1.165) is 63.4 Å². The van der Waals surface area contributed by atoms with Gasteiger partial charge in [-0.3, -0.25) is 9.79 Å². The Morgan fingerprint density at radius 2 is 1.78 bits per heavy atom. The lowest BCUT2D eigenvalue weighted by Crippen LogP contribution is -2.47. The van der Waals surface area contributed by atoms with Gasteiger partial charge in [0.15, 0.2) is 5.96 Å². The van der Waals surface area contributed by atoms with Crippen molar-refractivity contribution in [2.45, 2.75) is 47.0 Å². The summed E-state index contributed by atoms with van der Waals surface area (Å²) in [6.07, 6.45) is 3.05. The number of nitrogens with zero attached hydrogens (tertiary/aromatic N) is 3. The minimum atomic E-state index is -0.0394. The molecule has 0 spiro atoms. The topological polar surface area (TPSA) is 57.2 Å². The van der Waals surface area contributed by atoms with E-state index in [4.69, 9.17) is 9.73 Å². The van der Waals surface area contributed by atoms with E-state index >= 15 is 0 Å². The van der Waals surface area contributed by atoms with Crippen LogP contribution in [0.5, 0.6) is 0 Å². The third kappa shape index (κ3) is 8.13. The number of likely N-dealkylation sites (tertiary alicyclic amines) is 2. The fraction of sp³-hybridized carbons (Fsp3) is 0.900. The van der Waals surface area contributed by atoms with Crippen molar-refractivity contribution in [1.82, 2.24) is 15.1 Å². The first-order chi connectivity index (χ1) is 12.5. The lowest BCUT2D eigenvalue weighted by atomic mass is 9.92. The van der Waals surface area contributed by atoms with Crippen LogP contribution in [0.15, 0.2) is 4.99 Å². The summed E-state index contributed by atoms with van der Waals surface area (Å²) in [5.74, 6) is 2.58. The van der Waals surface area contributed by atoms with Crippen molar-refractivity contribution in [1.29, 1.82) is 0 Å². The lowest BCUT2D eigenvalue weighted by Gasteiger charge is -2.35. The van der Waals surface area contributed by atoms with Crippen molar-refractivity contribution in [3.63, 3.8) is 0 Å². The Morgan fingerprint density at radius 1 is 1.15 bits per heavy atom. The van der Waals surface area contributed by atoms with Gasteiger partial charge in [-0.15, -0.1) is 24.0 Å². The summed E-state index contributed by atoms with van der Waals surface area (Å²) in [6.45, 7) is 16.0. The molecule has 2 saturated heterocycles. The molecule has 2 unspecified atom stereocenters. The van der Waals surface area contributed by atoms with Crippen LogP contribution in [0.2, 0.25) is 0 Å². The van der Waals surface area contributed by atoms with E-state index in [2.05, 4.69) is 35.9 Å². The molecule has 0 aromatic carbocycles. The number of carbonyl (C=O) groups is 1. The lowest BCUT2D eigenvalue weighted by molar-refractivity contribution is -0.149. The molecule has 0 aromatic heterocycles. The number of halogens is 1. The van der Waals surface area contributed by atoms with E-state index in [-0.39, 0.29) is 35.9 Å². The number of hydrogen-bond donors (Lipinski definition) is 1. The minimum absolute atomic E-state index is 0. The van der Waals surface area contributed by atoms with Crippen LogP contribution in [0.4, 0.5) is 0 Å². The molecule has 6 nitrogen and oxygen atoms in total. The number of carbonyl (C=O) groups excluding carboxylic acids is 1. The molecule has 2 aliphatic heterocycles. The van der Waals surface area contributed by atoms with Crippen LogP contribution in [0, 0.1) is 17.8 Å². The Labute approximate surface area is 182 Å². The molecule has 0 amide bonds. The maximum absolute atomic E-state index is 11.9. The molecule has 0 aromatic rings. The van der Waals surface area contributed by atoms with Crippen LogP contribution < -0.4 is 5.32 Å². The van der Waals surface area contributed by atoms with Gasteiger partial charge in [0.05, 0.1) is 19.1 Å². The van der Waals surface area contributed by atoms with Crippen LogP contribution in [0.3, 0.4) is 0 Å². The molecule has 0 bridgehead atoms. The van der Waals surface area contributed by atoms with Gasteiger partial charge in [-0.25, -0.2) is 0 Å². The summed E-state index contributed by atoms with van der Waals surface area (Å²) in [5, 5.41) is 3.42. The Hall–Kier alpha value is -0.570. The van der Waals surface area contributed by atoms with E-state index in [1.54, 1.807) is 0 Å². The third-order valence-electron chi connectivity index (χ3n) is 5.37. The second-order valence-electron chi connectivity index (χ2n) is 7.95. The van der Waals surface area contributed by atoms with E-state index in [1.807, 2.05) is 6.92 Å². The van der Waals surface area contributed by atoms with Crippen LogP contribution in [-0.4, -0.2) is 74.1 Å². The first-order valence-electron chi connectivity index (χ1n) is 10.5. The standard InChI is InChI=1S/C20H38N4O2.HI/c1-5-21-20(22-9-12-23-14-16(3)13-17(4)15-23)24-10-7-18(8-11-24)19(25)26-6-2;/h16-18H,5-15H2,1-4H3,(H,21,22);1H. The summed E-state index contributed by atoms with van der Waals surface area (Å²) >= 11 is 0. The highest BCUT2D eigenvalue weighted by Crippen LogP contribution is 2.21. The van der Waals surface area contributed by atoms with Gasteiger partial charge in [-0.1, -0.05) is 13.8 Å². The van der Waals surface area contributed by atoms with Crippen LogP contribution in [0.25, 0.3) is 0 Å². The van der Waals surface area contributed by atoms with Gasteiger partial charge in [0, 0.05) is 39.3 Å².